The van der Waals surface area contributed by atoms with Gasteiger partial charge in [-0.1, -0.05) is 44.2 Å². The second-order valence-corrected chi connectivity index (χ2v) is 6.49. The summed E-state index contributed by atoms with van der Waals surface area (Å²) >= 11 is 0. The Kier molecular flexibility index (Phi) is 5.27. The Hall–Kier alpha value is -3.21. The number of hydrogen-bond acceptors (Lipinski definition) is 4. The van der Waals surface area contributed by atoms with Crippen molar-refractivity contribution < 1.29 is 4.79 Å². The number of hydrogen-bond donors (Lipinski definition) is 2. The first-order valence-electron chi connectivity index (χ1n) is 8.59. The van der Waals surface area contributed by atoms with E-state index in [9.17, 15) is 4.79 Å². The van der Waals surface area contributed by atoms with E-state index in [4.69, 9.17) is 0 Å². The summed E-state index contributed by atoms with van der Waals surface area (Å²) in [6, 6.07) is 15.7. The first-order chi connectivity index (χ1) is 12.5. The number of benzene rings is 2. The number of nitrogens with one attached hydrogen (secondary N) is 2. The molecule has 3 rings (SSSR count). The monoisotopic (exact) mass is 346 g/mol. The molecule has 0 spiro atoms. The highest BCUT2D eigenvalue weighted by molar-refractivity contribution is 6.04. The topological polar surface area (TPSA) is 66.9 Å². The fraction of sp³-hybridized carbons (Fsp3) is 0.190. The number of rotatable bonds is 5. The van der Waals surface area contributed by atoms with E-state index >= 15 is 0 Å². The third-order valence-corrected chi connectivity index (χ3v) is 4.02. The molecule has 5 heteroatoms. The van der Waals surface area contributed by atoms with Crippen LogP contribution in [-0.4, -0.2) is 15.9 Å². The van der Waals surface area contributed by atoms with Crippen molar-refractivity contribution in [1.29, 1.82) is 0 Å². The van der Waals surface area contributed by atoms with E-state index in [0.717, 1.165) is 22.5 Å². The zero-order chi connectivity index (χ0) is 18.5. The van der Waals surface area contributed by atoms with Crippen LogP contribution < -0.4 is 10.6 Å². The molecule has 0 aliphatic rings. The van der Waals surface area contributed by atoms with Crippen LogP contribution in [0.1, 0.15) is 41.3 Å². The smallest absolute Gasteiger partial charge is 0.258 e. The molecule has 0 saturated heterocycles. The molecule has 0 aliphatic heterocycles. The van der Waals surface area contributed by atoms with E-state index in [-0.39, 0.29) is 5.91 Å². The Balaban J connectivity index is 1.71. The van der Waals surface area contributed by atoms with E-state index < -0.39 is 0 Å². The number of anilines is 3. The van der Waals surface area contributed by atoms with Gasteiger partial charge in [-0.2, -0.15) is 0 Å². The summed E-state index contributed by atoms with van der Waals surface area (Å²) in [7, 11) is 0. The molecule has 26 heavy (non-hydrogen) atoms. The Labute approximate surface area is 153 Å². The molecule has 0 radical (unpaired) electrons. The normalized spacial score (nSPS) is 10.6. The van der Waals surface area contributed by atoms with Gasteiger partial charge in [0.1, 0.15) is 0 Å². The van der Waals surface area contributed by atoms with E-state index in [0.29, 0.717) is 17.4 Å². The van der Waals surface area contributed by atoms with Crippen molar-refractivity contribution in [3.63, 3.8) is 0 Å². The van der Waals surface area contributed by atoms with Gasteiger partial charge in [0.2, 0.25) is 5.95 Å². The van der Waals surface area contributed by atoms with Crippen LogP contribution in [0.25, 0.3) is 0 Å². The van der Waals surface area contributed by atoms with Gasteiger partial charge in [-0.3, -0.25) is 4.79 Å². The molecule has 1 heterocycles. The zero-order valence-corrected chi connectivity index (χ0v) is 15.2. The number of nitrogens with zero attached hydrogens (tertiary/aromatic N) is 2. The van der Waals surface area contributed by atoms with Crippen molar-refractivity contribution in [2.45, 2.75) is 26.7 Å². The summed E-state index contributed by atoms with van der Waals surface area (Å²) in [6.07, 6.45) is 3.05. The number of amides is 1. The molecule has 1 amide bonds. The van der Waals surface area contributed by atoms with E-state index in [2.05, 4.69) is 34.4 Å². The Morgan fingerprint density at radius 2 is 1.73 bits per heavy atom. The molecule has 0 fully saturated rings. The summed E-state index contributed by atoms with van der Waals surface area (Å²) in [6.45, 7) is 6.22. The maximum absolute atomic E-state index is 12.5. The Bertz CT molecular complexity index is 904. The van der Waals surface area contributed by atoms with Crippen molar-refractivity contribution in [3.05, 3.63) is 77.6 Å². The predicted octanol–water partition coefficient (Wildman–Crippen LogP) is 4.90. The van der Waals surface area contributed by atoms with Crippen LogP contribution >= 0.6 is 0 Å². The minimum absolute atomic E-state index is 0.222. The van der Waals surface area contributed by atoms with Gasteiger partial charge in [-0.15, -0.1) is 0 Å². The number of aryl methyl sites for hydroxylation is 1. The van der Waals surface area contributed by atoms with E-state index in [1.807, 2.05) is 55.5 Å². The van der Waals surface area contributed by atoms with Crippen LogP contribution in [0.2, 0.25) is 0 Å². The second-order valence-electron chi connectivity index (χ2n) is 6.49. The highest BCUT2D eigenvalue weighted by atomic mass is 16.1. The quantitative estimate of drug-likeness (QED) is 0.689. The SMILES string of the molecule is Cc1cccc(Nc2ncc(C(=O)Nc3ccccc3C(C)C)cn2)c1. The lowest BCUT2D eigenvalue weighted by Gasteiger charge is -2.13. The van der Waals surface area contributed by atoms with E-state index in [1.54, 1.807) is 0 Å². The van der Waals surface area contributed by atoms with Crippen molar-refractivity contribution in [3.8, 4) is 0 Å². The van der Waals surface area contributed by atoms with Crippen molar-refractivity contribution >= 4 is 23.2 Å². The summed E-state index contributed by atoms with van der Waals surface area (Å²) in [4.78, 5) is 21.0. The summed E-state index contributed by atoms with van der Waals surface area (Å²) in [5.41, 5.74) is 4.38. The number of aromatic nitrogens is 2. The van der Waals surface area contributed by atoms with Crippen LogP contribution in [0.4, 0.5) is 17.3 Å². The molecule has 1 aromatic heterocycles. The fourth-order valence-electron chi connectivity index (χ4n) is 2.67. The minimum atomic E-state index is -0.222. The van der Waals surface area contributed by atoms with Gasteiger partial charge in [0, 0.05) is 23.8 Å². The summed E-state index contributed by atoms with van der Waals surface area (Å²) < 4.78 is 0. The molecule has 132 valence electrons. The van der Waals surface area contributed by atoms with Crippen LogP contribution in [0.5, 0.6) is 0 Å². The summed E-state index contributed by atoms with van der Waals surface area (Å²) in [5, 5.41) is 6.08. The van der Waals surface area contributed by atoms with Gasteiger partial charge in [-0.25, -0.2) is 9.97 Å². The van der Waals surface area contributed by atoms with Gasteiger partial charge < -0.3 is 10.6 Å². The Morgan fingerprint density at radius 3 is 2.42 bits per heavy atom. The Morgan fingerprint density at radius 1 is 1.00 bits per heavy atom. The van der Waals surface area contributed by atoms with Crippen molar-refractivity contribution in [2.75, 3.05) is 10.6 Å². The van der Waals surface area contributed by atoms with Crippen molar-refractivity contribution in [2.24, 2.45) is 0 Å². The third-order valence-electron chi connectivity index (χ3n) is 4.02. The fourth-order valence-corrected chi connectivity index (χ4v) is 2.67. The maximum atomic E-state index is 12.5. The first kappa shape index (κ1) is 17.6. The maximum Gasteiger partial charge on any atom is 0.258 e. The molecule has 0 bridgehead atoms. The highest BCUT2D eigenvalue weighted by Crippen LogP contribution is 2.24. The molecule has 2 N–H and O–H groups in total. The van der Waals surface area contributed by atoms with Gasteiger partial charge in [0.25, 0.3) is 5.91 Å². The molecular formula is C21H22N4O. The molecule has 0 saturated carbocycles. The lowest BCUT2D eigenvalue weighted by Crippen LogP contribution is -2.14. The van der Waals surface area contributed by atoms with Crippen LogP contribution in [0.3, 0.4) is 0 Å². The highest BCUT2D eigenvalue weighted by Gasteiger charge is 2.12. The molecule has 0 unspecified atom stereocenters. The predicted molar refractivity (Wildman–Crippen MR) is 105 cm³/mol. The molecule has 3 aromatic rings. The minimum Gasteiger partial charge on any atom is -0.324 e. The average Bonchev–Trinajstić information content (AvgIpc) is 2.62. The lowest BCUT2D eigenvalue weighted by molar-refractivity contribution is 0.102. The number of carbonyl (C=O) groups excluding carboxylic acids is 1. The molecule has 0 aliphatic carbocycles. The van der Waals surface area contributed by atoms with Crippen LogP contribution in [0.15, 0.2) is 60.9 Å². The first-order valence-corrected chi connectivity index (χ1v) is 8.59. The molecule has 0 atom stereocenters. The van der Waals surface area contributed by atoms with Crippen LogP contribution in [-0.2, 0) is 0 Å². The molecular weight excluding hydrogens is 324 g/mol. The van der Waals surface area contributed by atoms with Gasteiger partial charge in [0.15, 0.2) is 0 Å². The van der Waals surface area contributed by atoms with Crippen LogP contribution in [0, 0.1) is 6.92 Å². The second kappa shape index (κ2) is 7.78. The third kappa shape index (κ3) is 4.25. The zero-order valence-electron chi connectivity index (χ0n) is 15.2. The molecule has 2 aromatic carbocycles. The number of carbonyl (C=O) groups is 1. The van der Waals surface area contributed by atoms with E-state index in [1.165, 1.54) is 12.4 Å². The average molecular weight is 346 g/mol. The summed E-state index contributed by atoms with van der Waals surface area (Å²) in [5.74, 6) is 0.554. The van der Waals surface area contributed by atoms with Gasteiger partial charge in [-0.05, 0) is 42.2 Å². The van der Waals surface area contributed by atoms with Gasteiger partial charge in [0.05, 0.1) is 5.56 Å². The largest absolute Gasteiger partial charge is 0.324 e. The lowest BCUT2D eigenvalue weighted by atomic mass is 10.0. The standard InChI is InChI=1S/C21H22N4O/c1-14(2)18-9-4-5-10-19(18)25-20(26)16-12-22-21(23-13-16)24-17-8-6-7-15(3)11-17/h4-14H,1-3H3,(H,25,26)(H,22,23,24). The van der Waals surface area contributed by atoms with Crippen molar-refractivity contribution in [1.82, 2.24) is 9.97 Å². The molecule has 5 nitrogen and oxygen atoms in total. The van der Waals surface area contributed by atoms with Gasteiger partial charge >= 0.3 is 0 Å². The number of para-hydroxylation sites is 1.